The summed E-state index contributed by atoms with van der Waals surface area (Å²) in [4.78, 5) is 24.4. The van der Waals surface area contributed by atoms with Crippen molar-refractivity contribution in [1.29, 1.82) is 0 Å². The van der Waals surface area contributed by atoms with E-state index < -0.39 is 12.1 Å². The molecule has 0 fully saturated rings. The van der Waals surface area contributed by atoms with Gasteiger partial charge in [0.2, 0.25) is 5.91 Å². The number of carbonyl (C=O) groups excluding carboxylic acids is 2. The quantitative estimate of drug-likeness (QED) is 0.0323. The van der Waals surface area contributed by atoms with Crippen LogP contribution in [0.2, 0.25) is 0 Å². The van der Waals surface area contributed by atoms with Gasteiger partial charge in [-0.05, 0) is 51.4 Å². The van der Waals surface area contributed by atoms with Crippen LogP contribution in [0.25, 0.3) is 0 Å². The Hall–Kier alpha value is -1.40. The Morgan fingerprint density at radius 3 is 1.22 bits per heavy atom. The SMILES string of the molecule is CCCCCCCCCCCCCCCCCCCC(=O)OCCCCCC/C=C\CCCCCCCCCC(=O)NC(CO)C(O)CCCCCCCCCCC. The highest BCUT2D eigenvalue weighted by Crippen LogP contribution is 2.16. The summed E-state index contributed by atoms with van der Waals surface area (Å²) < 4.78 is 5.46. The molecule has 0 saturated heterocycles. The third-order valence-corrected chi connectivity index (χ3v) is 12.1. The van der Waals surface area contributed by atoms with Crippen LogP contribution in [0, 0.1) is 0 Å². The van der Waals surface area contributed by atoms with E-state index in [0.717, 1.165) is 70.6 Å². The molecule has 6 heteroatoms. The monoisotopic (exact) mass is 820 g/mol. The van der Waals surface area contributed by atoms with Crippen molar-refractivity contribution in [2.24, 2.45) is 0 Å². The van der Waals surface area contributed by atoms with E-state index in [4.69, 9.17) is 4.74 Å². The summed E-state index contributed by atoms with van der Waals surface area (Å²) in [6.07, 6.45) is 54.8. The van der Waals surface area contributed by atoms with Gasteiger partial charge in [-0.25, -0.2) is 0 Å². The Morgan fingerprint density at radius 2 is 0.810 bits per heavy atom. The topological polar surface area (TPSA) is 95.9 Å². The van der Waals surface area contributed by atoms with Gasteiger partial charge in [0.25, 0.3) is 0 Å². The summed E-state index contributed by atoms with van der Waals surface area (Å²) in [6, 6.07) is -0.549. The Morgan fingerprint density at radius 1 is 0.466 bits per heavy atom. The van der Waals surface area contributed by atoms with Gasteiger partial charge in [0, 0.05) is 12.8 Å². The molecule has 0 aromatic heterocycles. The molecule has 0 aliphatic carbocycles. The highest BCUT2D eigenvalue weighted by molar-refractivity contribution is 5.76. The van der Waals surface area contributed by atoms with E-state index in [1.807, 2.05) is 0 Å². The molecule has 2 unspecified atom stereocenters. The molecule has 344 valence electrons. The molecule has 58 heavy (non-hydrogen) atoms. The number of allylic oxidation sites excluding steroid dienone is 2. The fourth-order valence-corrected chi connectivity index (χ4v) is 8.05. The third-order valence-electron chi connectivity index (χ3n) is 12.1. The van der Waals surface area contributed by atoms with Gasteiger partial charge in [0.1, 0.15) is 0 Å². The largest absolute Gasteiger partial charge is 0.466 e. The van der Waals surface area contributed by atoms with Crippen molar-refractivity contribution >= 4 is 11.9 Å². The van der Waals surface area contributed by atoms with Crippen LogP contribution in [0.1, 0.15) is 284 Å². The Balaban J connectivity index is 3.42. The third kappa shape index (κ3) is 44.2. The number of carbonyl (C=O) groups is 2. The number of esters is 1. The summed E-state index contributed by atoms with van der Waals surface area (Å²) in [5.41, 5.74) is 0. The number of aliphatic hydroxyl groups excluding tert-OH is 2. The van der Waals surface area contributed by atoms with E-state index in [9.17, 15) is 19.8 Å². The Labute approximate surface area is 361 Å². The van der Waals surface area contributed by atoms with E-state index >= 15 is 0 Å². The molecule has 0 aliphatic rings. The number of nitrogens with one attached hydrogen (secondary N) is 1. The minimum Gasteiger partial charge on any atom is -0.466 e. The smallest absolute Gasteiger partial charge is 0.305 e. The maximum Gasteiger partial charge on any atom is 0.305 e. The molecule has 3 N–H and O–H groups in total. The first-order valence-electron chi connectivity index (χ1n) is 25.9. The zero-order chi connectivity index (χ0) is 42.3. The van der Waals surface area contributed by atoms with Crippen LogP contribution in [0.5, 0.6) is 0 Å². The van der Waals surface area contributed by atoms with Crippen LogP contribution >= 0.6 is 0 Å². The van der Waals surface area contributed by atoms with Gasteiger partial charge >= 0.3 is 5.97 Å². The van der Waals surface area contributed by atoms with Gasteiger partial charge in [-0.1, -0.05) is 231 Å². The van der Waals surface area contributed by atoms with Crippen LogP contribution in [0.4, 0.5) is 0 Å². The van der Waals surface area contributed by atoms with E-state index in [2.05, 4.69) is 31.3 Å². The van der Waals surface area contributed by atoms with Crippen LogP contribution < -0.4 is 5.32 Å². The second kappa shape index (κ2) is 48.3. The minimum atomic E-state index is -0.671. The molecule has 0 aliphatic heterocycles. The van der Waals surface area contributed by atoms with Gasteiger partial charge < -0.3 is 20.3 Å². The normalized spacial score (nSPS) is 12.7. The lowest BCUT2D eigenvalue weighted by molar-refractivity contribution is -0.143. The van der Waals surface area contributed by atoms with Crippen molar-refractivity contribution in [1.82, 2.24) is 5.32 Å². The molecule has 6 nitrogen and oxygen atoms in total. The molecular weight excluding hydrogens is 719 g/mol. The summed E-state index contributed by atoms with van der Waals surface area (Å²) >= 11 is 0. The highest BCUT2D eigenvalue weighted by atomic mass is 16.5. The molecule has 0 saturated carbocycles. The van der Waals surface area contributed by atoms with Crippen LogP contribution in [0.15, 0.2) is 12.2 Å². The Kier molecular flexibility index (Phi) is 47.1. The van der Waals surface area contributed by atoms with E-state index in [1.54, 1.807) is 0 Å². The zero-order valence-corrected chi connectivity index (χ0v) is 39.0. The lowest BCUT2D eigenvalue weighted by Crippen LogP contribution is -2.45. The second-order valence-electron chi connectivity index (χ2n) is 17.9. The number of amides is 1. The fourth-order valence-electron chi connectivity index (χ4n) is 8.05. The zero-order valence-electron chi connectivity index (χ0n) is 39.0. The van der Waals surface area contributed by atoms with Gasteiger partial charge in [-0.3, -0.25) is 9.59 Å². The molecular formula is C52H101NO5. The number of hydrogen-bond donors (Lipinski definition) is 3. The van der Waals surface area contributed by atoms with Crippen molar-refractivity contribution in [2.75, 3.05) is 13.2 Å². The van der Waals surface area contributed by atoms with Crippen molar-refractivity contribution in [3.05, 3.63) is 12.2 Å². The van der Waals surface area contributed by atoms with Gasteiger partial charge in [-0.15, -0.1) is 0 Å². The second-order valence-corrected chi connectivity index (χ2v) is 17.9. The van der Waals surface area contributed by atoms with Crippen LogP contribution in [-0.2, 0) is 14.3 Å². The molecule has 0 radical (unpaired) electrons. The number of rotatable bonds is 48. The molecule has 0 spiro atoms. The number of hydrogen-bond acceptors (Lipinski definition) is 5. The number of ether oxygens (including phenoxy) is 1. The van der Waals surface area contributed by atoms with Crippen molar-refractivity contribution in [3.63, 3.8) is 0 Å². The molecule has 0 aromatic carbocycles. The van der Waals surface area contributed by atoms with Crippen molar-refractivity contribution in [3.8, 4) is 0 Å². The van der Waals surface area contributed by atoms with E-state index in [1.165, 1.54) is 180 Å². The summed E-state index contributed by atoms with van der Waals surface area (Å²) in [7, 11) is 0. The lowest BCUT2D eigenvalue weighted by atomic mass is 10.0. The molecule has 2 atom stereocenters. The standard InChI is InChI=1S/C52H101NO5/c1-3-5-7-9-11-13-14-15-16-17-20-23-26-30-34-38-42-46-52(57)58-47-43-39-35-31-27-24-21-18-19-22-25-29-33-37-41-45-51(56)53-49(48-54)50(55)44-40-36-32-28-12-10-8-6-4-2/h21,24,49-50,54-55H,3-20,22-23,25-48H2,1-2H3,(H,53,56)/b24-21-. The minimum absolute atomic E-state index is 0.00635. The average Bonchev–Trinajstić information content (AvgIpc) is 3.22. The summed E-state index contributed by atoms with van der Waals surface area (Å²) in [5, 5.41) is 23.0. The first-order valence-corrected chi connectivity index (χ1v) is 25.9. The summed E-state index contributed by atoms with van der Waals surface area (Å²) in [5.74, 6) is -0.0585. The molecule has 0 aromatic rings. The fraction of sp³-hybridized carbons (Fsp3) is 0.923. The van der Waals surface area contributed by atoms with Gasteiger partial charge in [0.05, 0.1) is 25.4 Å². The van der Waals surface area contributed by atoms with Crippen LogP contribution in [0.3, 0.4) is 0 Å². The number of aliphatic hydroxyl groups is 2. The predicted octanol–water partition coefficient (Wildman–Crippen LogP) is 15.3. The number of unbranched alkanes of at least 4 members (excludes halogenated alkanes) is 35. The Bertz CT molecular complexity index is 863. The van der Waals surface area contributed by atoms with E-state index in [0.29, 0.717) is 25.9 Å². The van der Waals surface area contributed by atoms with Crippen molar-refractivity contribution < 1.29 is 24.5 Å². The van der Waals surface area contributed by atoms with Gasteiger partial charge in [0.15, 0.2) is 0 Å². The van der Waals surface area contributed by atoms with E-state index in [-0.39, 0.29) is 18.5 Å². The molecule has 0 heterocycles. The van der Waals surface area contributed by atoms with Crippen LogP contribution in [-0.4, -0.2) is 47.4 Å². The average molecular weight is 820 g/mol. The lowest BCUT2D eigenvalue weighted by Gasteiger charge is -2.22. The molecule has 1 amide bonds. The van der Waals surface area contributed by atoms with Gasteiger partial charge in [-0.2, -0.15) is 0 Å². The highest BCUT2D eigenvalue weighted by Gasteiger charge is 2.20. The maximum absolute atomic E-state index is 12.4. The summed E-state index contributed by atoms with van der Waals surface area (Å²) in [6.45, 7) is 4.90. The predicted molar refractivity (Wildman–Crippen MR) is 250 cm³/mol. The molecule has 0 rings (SSSR count). The first-order chi connectivity index (χ1) is 28.5. The first kappa shape index (κ1) is 56.6. The molecule has 0 bridgehead atoms. The van der Waals surface area contributed by atoms with Crippen molar-refractivity contribution in [2.45, 2.75) is 296 Å². The maximum atomic E-state index is 12.4.